The third kappa shape index (κ3) is 2.92. The van der Waals surface area contributed by atoms with Gasteiger partial charge < -0.3 is 16.2 Å². The lowest BCUT2D eigenvalue weighted by molar-refractivity contribution is -0.123. The third-order valence-corrected chi connectivity index (χ3v) is 1.93. The number of hydrogen-bond donors (Lipinski definition) is 2. The fraction of sp³-hybridized carbons (Fsp3) is 0.300. The van der Waals surface area contributed by atoms with E-state index in [0.29, 0.717) is 0 Å². The van der Waals surface area contributed by atoms with Gasteiger partial charge in [0.1, 0.15) is 12.1 Å². The highest BCUT2D eigenvalue weighted by atomic mass is 19.1. The highest BCUT2D eigenvalue weighted by Gasteiger charge is 2.26. The number of amides is 1. The molecule has 1 aromatic rings. The molecule has 1 rings (SSSR count). The SMILES string of the molecule is CC(N)(COc1ccccc1F)C(N)=O. The maximum Gasteiger partial charge on any atom is 0.240 e. The standard InChI is InChI=1S/C10H13FN2O2/c1-10(13,9(12)14)6-15-8-5-3-2-4-7(8)11/h2-5H,6,13H2,1H3,(H2,12,14). The van der Waals surface area contributed by atoms with Crippen LogP contribution in [-0.2, 0) is 4.79 Å². The van der Waals surface area contributed by atoms with Gasteiger partial charge in [0.25, 0.3) is 0 Å². The summed E-state index contributed by atoms with van der Waals surface area (Å²) in [5, 5.41) is 0. The van der Waals surface area contributed by atoms with E-state index in [9.17, 15) is 9.18 Å². The summed E-state index contributed by atoms with van der Waals surface area (Å²) in [6, 6.07) is 5.87. The van der Waals surface area contributed by atoms with Crippen LogP contribution in [0.2, 0.25) is 0 Å². The first-order valence-electron chi connectivity index (χ1n) is 4.39. The summed E-state index contributed by atoms with van der Waals surface area (Å²) in [5.74, 6) is -1.15. The Morgan fingerprint density at radius 3 is 2.67 bits per heavy atom. The molecule has 1 atom stereocenters. The van der Waals surface area contributed by atoms with Crippen molar-refractivity contribution in [3.63, 3.8) is 0 Å². The number of ether oxygens (including phenoxy) is 1. The first kappa shape index (κ1) is 11.5. The largest absolute Gasteiger partial charge is 0.488 e. The predicted molar refractivity (Wildman–Crippen MR) is 53.7 cm³/mol. The molecule has 0 bridgehead atoms. The maximum atomic E-state index is 13.1. The van der Waals surface area contributed by atoms with Crippen molar-refractivity contribution >= 4 is 5.91 Å². The lowest BCUT2D eigenvalue weighted by atomic mass is 10.1. The molecule has 1 amide bonds. The quantitative estimate of drug-likeness (QED) is 0.758. The van der Waals surface area contributed by atoms with E-state index in [1.54, 1.807) is 6.07 Å². The van der Waals surface area contributed by atoms with Gasteiger partial charge in [0, 0.05) is 0 Å². The van der Waals surface area contributed by atoms with Crippen LogP contribution in [0.1, 0.15) is 6.92 Å². The first-order valence-corrected chi connectivity index (χ1v) is 4.39. The summed E-state index contributed by atoms with van der Waals surface area (Å²) in [7, 11) is 0. The van der Waals surface area contributed by atoms with Crippen molar-refractivity contribution in [2.24, 2.45) is 11.5 Å². The van der Waals surface area contributed by atoms with Crippen LogP contribution in [0.25, 0.3) is 0 Å². The maximum absolute atomic E-state index is 13.1. The third-order valence-electron chi connectivity index (χ3n) is 1.93. The minimum absolute atomic E-state index is 0.0513. The zero-order chi connectivity index (χ0) is 11.5. The van der Waals surface area contributed by atoms with Gasteiger partial charge >= 0.3 is 0 Å². The van der Waals surface area contributed by atoms with E-state index in [4.69, 9.17) is 16.2 Å². The van der Waals surface area contributed by atoms with Crippen molar-refractivity contribution in [1.82, 2.24) is 0 Å². The van der Waals surface area contributed by atoms with E-state index in [1.165, 1.54) is 25.1 Å². The number of para-hydroxylation sites is 1. The molecule has 0 aromatic heterocycles. The van der Waals surface area contributed by atoms with Gasteiger partial charge in [-0.2, -0.15) is 0 Å². The van der Waals surface area contributed by atoms with Gasteiger partial charge in [-0.05, 0) is 19.1 Å². The fourth-order valence-corrected chi connectivity index (χ4v) is 0.861. The van der Waals surface area contributed by atoms with Crippen molar-refractivity contribution < 1.29 is 13.9 Å². The van der Waals surface area contributed by atoms with E-state index in [1.807, 2.05) is 0 Å². The molecule has 1 unspecified atom stereocenters. The molecule has 5 heteroatoms. The number of carbonyl (C=O) groups excluding carboxylic acids is 1. The summed E-state index contributed by atoms with van der Waals surface area (Å²) in [6.45, 7) is 1.26. The van der Waals surface area contributed by atoms with Gasteiger partial charge in [-0.3, -0.25) is 4.79 Å². The summed E-state index contributed by atoms with van der Waals surface area (Å²) in [6.07, 6.45) is 0. The molecule has 4 nitrogen and oxygen atoms in total. The summed E-state index contributed by atoms with van der Waals surface area (Å²) >= 11 is 0. The Morgan fingerprint density at radius 1 is 1.53 bits per heavy atom. The summed E-state index contributed by atoms with van der Waals surface area (Å²) in [5.41, 5.74) is 9.27. The Balaban J connectivity index is 2.66. The minimum Gasteiger partial charge on any atom is -0.488 e. The summed E-state index contributed by atoms with van der Waals surface area (Å²) < 4.78 is 18.1. The van der Waals surface area contributed by atoms with Crippen LogP contribution >= 0.6 is 0 Å². The Hall–Kier alpha value is -1.62. The van der Waals surface area contributed by atoms with Crippen LogP contribution in [0.3, 0.4) is 0 Å². The Morgan fingerprint density at radius 2 is 2.13 bits per heavy atom. The molecule has 0 aliphatic heterocycles. The summed E-state index contributed by atoms with van der Waals surface area (Å²) in [4.78, 5) is 10.9. The normalized spacial score (nSPS) is 14.3. The van der Waals surface area contributed by atoms with Crippen LogP contribution in [0.5, 0.6) is 5.75 Å². The van der Waals surface area contributed by atoms with Crippen molar-refractivity contribution in [2.45, 2.75) is 12.5 Å². The zero-order valence-electron chi connectivity index (χ0n) is 8.37. The van der Waals surface area contributed by atoms with E-state index in [-0.39, 0.29) is 12.4 Å². The van der Waals surface area contributed by atoms with Gasteiger partial charge in [0.2, 0.25) is 5.91 Å². The van der Waals surface area contributed by atoms with E-state index >= 15 is 0 Å². The van der Waals surface area contributed by atoms with Crippen molar-refractivity contribution in [1.29, 1.82) is 0 Å². The molecule has 0 heterocycles. The second-order valence-corrected chi connectivity index (χ2v) is 3.50. The highest BCUT2D eigenvalue weighted by molar-refractivity contribution is 5.84. The number of primary amides is 1. The van der Waals surface area contributed by atoms with Crippen LogP contribution in [-0.4, -0.2) is 18.1 Å². The number of rotatable bonds is 4. The van der Waals surface area contributed by atoms with Crippen molar-refractivity contribution in [3.05, 3.63) is 30.1 Å². The number of nitrogens with two attached hydrogens (primary N) is 2. The molecular formula is C10H13FN2O2. The molecule has 0 radical (unpaired) electrons. The number of hydrogen-bond acceptors (Lipinski definition) is 3. The zero-order valence-corrected chi connectivity index (χ0v) is 8.37. The number of benzene rings is 1. The molecule has 82 valence electrons. The first-order chi connectivity index (χ1) is 6.93. The topological polar surface area (TPSA) is 78.3 Å². The second-order valence-electron chi connectivity index (χ2n) is 3.50. The Kier molecular flexibility index (Phi) is 3.26. The number of carbonyl (C=O) groups is 1. The molecule has 0 aliphatic rings. The molecule has 4 N–H and O–H groups in total. The minimum atomic E-state index is -1.30. The van der Waals surface area contributed by atoms with Gasteiger partial charge in [0.05, 0.1) is 0 Å². The molecule has 1 aromatic carbocycles. The lowest BCUT2D eigenvalue weighted by Crippen LogP contribution is -2.53. The van der Waals surface area contributed by atoms with Gasteiger partial charge in [-0.15, -0.1) is 0 Å². The Bertz CT molecular complexity index is 366. The number of halogens is 1. The Labute approximate surface area is 87.0 Å². The van der Waals surface area contributed by atoms with Crippen molar-refractivity contribution in [3.8, 4) is 5.75 Å². The van der Waals surface area contributed by atoms with E-state index in [0.717, 1.165) is 0 Å². The fourth-order valence-electron chi connectivity index (χ4n) is 0.861. The molecule has 0 aliphatic carbocycles. The van der Waals surface area contributed by atoms with Crippen LogP contribution in [0.4, 0.5) is 4.39 Å². The smallest absolute Gasteiger partial charge is 0.240 e. The van der Waals surface area contributed by atoms with Crippen LogP contribution in [0, 0.1) is 5.82 Å². The highest BCUT2D eigenvalue weighted by Crippen LogP contribution is 2.16. The van der Waals surface area contributed by atoms with Gasteiger partial charge in [-0.1, -0.05) is 12.1 Å². The molecule has 15 heavy (non-hydrogen) atoms. The molecule has 0 saturated heterocycles. The van der Waals surface area contributed by atoms with Gasteiger partial charge in [-0.25, -0.2) is 4.39 Å². The lowest BCUT2D eigenvalue weighted by Gasteiger charge is -2.20. The predicted octanol–water partition coefficient (Wildman–Crippen LogP) is 0.407. The second kappa shape index (κ2) is 4.27. The molecule has 0 spiro atoms. The van der Waals surface area contributed by atoms with Gasteiger partial charge in [0.15, 0.2) is 11.6 Å². The van der Waals surface area contributed by atoms with Crippen LogP contribution in [0.15, 0.2) is 24.3 Å². The molecule has 0 saturated carbocycles. The molecule has 0 fully saturated rings. The van der Waals surface area contributed by atoms with E-state index in [2.05, 4.69) is 0 Å². The monoisotopic (exact) mass is 212 g/mol. The van der Waals surface area contributed by atoms with Crippen molar-refractivity contribution in [2.75, 3.05) is 6.61 Å². The van der Waals surface area contributed by atoms with Crippen LogP contribution < -0.4 is 16.2 Å². The average Bonchev–Trinajstić information content (AvgIpc) is 2.16. The van der Waals surface area contributed by atoms with E-state index < -0.39 is 17.3 Å². The molecular weight excluding hydrogens is 199 g/mol. The average molecular weight is 212 g/mol.